The molecule has 1 aromatic heterocycles. The lowest BCUT2D eigenvalue weighted by Crippen LogP contribution is -2.39. The van der Waals surface area contributed by atoms with Gasteiger partial charge >= 0.3 is 0 Å². The Morgan fingerprint density at radius 2 is 1.97 bits per heavy atom. The van der Waals surface area contributed by atoms with Crippen LogP contribution >= 0.6 is 23.2 Å². The number of benzene rings is 1. The highest BCUT2D eigenvalue weighted by atomic mass is 35.5. The molecule has 1 saturated heterocycles. The van der Waals surface area contributed by atoms with Crippen LogP contribution in [0.25, 0.3) is 0 Å². The first kappa shape index (κ1) is 21.6. The number of hydrogen-bond donors (Lipinski definition) is 3. The van der Waals surface area contributed by atoms with Gasteiger partial charge in [0.25, 0.3) is 5.56 Å². The fourth-order valence-corrected chi connectivity index (χ4v) is 4.18. The number of rotatable bonds is 4. The van der Waals surface area contributed by atoms with Crippen molar-refractivity contribution in [1.29, 1.82) is 0 Å². The average Bonchev–Trinajstić information content (AvgIpc) is 2.72. The van der Waals surface area contributed by atoms with E-state index in [1.165, 1.54) is 6.07 Å². The average molecular weight is 464 g/mol. The minimum absolute atomic E-state index is 0.0727. The number of carbonyl (C=O) groups excluding carboxylic acids is 2. The zero-order valence-electron chi connectivity index (χ0n) is 17.0. The summed E-state index contributed by atoms with van der Waals surface area (Å²) in [6.07, 6.45) is 2.14. The van der Waals surface area contributed by atoms with E-state index in [1.54, 1.807) is 12.1 Å². The second-order valence-electron chi connectivity index (χ2n) is 8.16. The molecule has 0 saturated carbocycles. The molecule has 0 aliphatic carbocycles. The molecule has 0 spiro atoms. The molecule has 8 nitrogen and oxygen atoms in total. The Morgan fingerprint density at radius 1 is 1.23 bits per heavy atom. The highest BCUT2D eigenvalue weighted by molar-refractivity contribution is 6.42. The van der Waals surface area contributed by atoms with Gasteiger partial charge in [0.1, 0.15) is 5.82 Å². The Kier molecular flexibility index (Phi) is 6.20. The van der Waals surface area contributed by atoms with Gasteiger partial charge in [0.2, 0.25) is 17.8 Å². The van der Waals surface area contributed by atoms with Crippen LogP contribution in [0.1, 0.15) is 31.7 Å². The van der Waals surface area contributed by atoms with Crippen LogP contribution in [0.5, 0.6) is 0 Å². The minimum Gasteiger partial charge on any atom is -0.342 e. The van der Waals surface area contributed by atoms with Gasteiger partial charge in [0.05, 0.1) is 21.5 Å². The summed E-state index contributed by atoms with van der Waals surface area (Å²) in [7, 11) is 0. The number of carbonyl (C=O) groups is 2. The van der Waals surface area contributed by atoms with E-state index in [-0.39, 0.29) is 36.0 Å². The first-order chi connectivity index (χ1) is 14.8. The zero-order chi connectivity index (χ0) is 22.1. The molecule has 2 aliphatic rings. The lowest BCUT2D eigenvalue weighted by Gasteiger charge is -2.31. The van der Waals surface area contributed by atoms with Crippen molar-refractivity contribution in [2.24, 2.45) is 11.8 Å². The SMILES string of the molecule is CC1CCN(c2nc3c(c(=O)[nH]2)C[C@@H](CC(=O)Nc2ccc(Cl)c(Cl)c2)C(=O)N3)CC1. The Hall–Kier alpha value is -2.58. The summed E-state index contributed by atoms with van der Waals surface area (Å²) in [5.41, 5.74) is 0.589. The lowest BCUT2D eigenvalue weighted by atomic mass is 9.92. The topological polar surface area (TPSA) is 107 Å². The van der Waals surface area contributed by atoms with Crippen LogP contribution in [0, 0.1) is 11.8 Å². The van der Waals surface area contributed by atoms with Crippen LogP contribution in [0.15, 0.2) is 23.0 Å². The minimum atomic E-state index is -0.667. The molecule has 0 bridgehead atoms. The molecule has 3 heterocycles. The van der Waals surface area contributed by atoms with Gasteiger partial charge in [-0.25, -0.2) is 0 Å². The number of nitrogens with zero attached hydrogens (tertiary/aromatic N) is 2. The van der Waals surface area contributed by atoms with Crippen molar-refractivity contribution in [3.05, 3.63) is 44.2 Å². The van der Waals surface area contributed by atoms with Crippen molar-refractivity contribution < 1.29 is 9.59 Å². The number of halogens is 2. The number of H-pyrrole nitrogens is 1. The molecule has 2 aromatic rings. The van der Waals surface area contributed by atoms with Crippen LogP contribution in [0.3, 0.4) is 0 Å². The largest absolute Gasteiger partial charge is 0.342 e. The molecular weight excluding hydrogens is 441 g/mol. The number of hydrogen-bond acceptors (Lipinski definition) is 5. The molecule has 0 radical (unpaired) electrons. The zero-order valence-corrected chi connectivity index (χ0v) is 18.5. The van der Waals surface area contributed by atoms with Gasteiger partial charge in [0, 0.05) is 25.2 Å². The van der Waals surface area contributed by atoms with Gasteiger partial charge in [-0.3, -0.25) is 19.4 Å². The maximum absolute atomic E-state index is 12.7. The summed E-state index contributed by atoms with van der Waals surface area (Å²) in [5, 5.41) is 6.11. The van der Waals surface area contributed by atoms with Crippen LogP contribution in [-0.2, 0) is 16.0 Å². The summed E-state index contributed by atoms with van der Waals surface area (Å²) in [6, 6.07) is 4.74. The summed E-state index contributed by atoms with van der Waals surface area (Å²) in [5.74, 6) is 0.0600. The van der Waals surface area contributed by atoms with Crippen LogP contribution in [0.4, 0.5) is 17.5 Å². The predicted octanol–water partition coefficient (Wildman–Crippen LogP) is 3.45. The van der Waals surface area contributed by atoms with E-state index in [4.69, 9.17) is 23.2 Å². The Balaban J connectivity index is 1.45. The number of fused-ring (bicyclic) bond motifs is 1. The van der Waals surface area contributed by atoms with Crippen LogP contribution in [0.2, 0.25) is 10.0 Å². The number of anilines is 3. The molecule has 4 rings (SSSR count). The molecule has 0 unspecified atom stereocenters. The van der Waals surface area contributed by atoms with E-state index in [2.05, 4.69) is 27.5 Å². The van der Waals surface area contributed by atoms with Crippen molar-refractivity contribution >= 4 is 52.5 Å². The second kappa shape index (κ2) is 8.88. The molecule has 1 fully saturated rings. The molecule has 3 N–H and O–H groups in total. The van der Waals surface area contributed by atoms with Crippen molar-refractivity contribution in [3.63, 3.8) is 0 Å². The number of aromatic nitrogens is 2. The van der Waals surface area contributed by atoms with Gasteiger partial charge in [-0.15, -0.1) is 0 Å². The fraction of sp³-hybridized carbons (Fsp3) is 0.429. The molecule has 1 atom stereocenters. The molecular formula is C21H23Cl2N5O3. The number of piperidine rings is 1. The van der Waals surface area contributed by atoms with Crippen molar-refractivity contribution in [2.75, 3.05) is 28.6 Å². The fourth-order valence-electron chi connectivity index (χ4n) is 3.88. The summed E-state index contributed by atoms with van der Waals surface area (Å²) in [6.45, 7) is 3.83. The molecule has 2 aliphatic heterocycles. The third-order valence-corrected chi connectivity index (χ3v) is 6.52. The highest BCUT2D eigenvalue weighted by Crippen LogP contribution is 2.28. The van der Waals surface area contributed by atoms with E-state index < -0.39 is 5.92 Å². The predicted molar refractivity (Wildman–Crippen MR) is 121 cm³/mol. The van der Waals surface area contributed by atoms with Gasteiger partial charge < -0.3 is 15.5 Å². The highest BCUT2D eigenvalue weighted by Gasteiger charge is 2.32. The maximum atomic E-state index is 12.7. The molecule has 10 heteroatoms. The molecule has 1 aromatic carbocycles. The van der Waals surface area contributed by atoms with Crippen molar-refractivity contribution in [2.45, 2.75) is 32.6 Å². The van der Waals surface area contributed by atoms with E-state index in [0.29, 0.717) is 33.2 Å². The third-order valence-electron chi connectivity index (χ3n) is 5.78. The number of nitrogens with one attached hydrogen (secondary N) is 3. The van der Waals surface area contributed by atoms with Crippen LogP contribution in [-0.4, -0.2) is 34.9 Å². The standard InChI is InChI=1S/C21H23Cl2N5O3/c1-11-4-6-28(7-5-11)21-26-18-14(20(31)27-21)8-12(19(30)25-18)9-17(29)24-13-2-3-15(22)16(23)10-13/h2-3,10-12H,4-9H2,1H3,(H,24,29)(H2,25,26,27,30,31)/t12-/m0/s1. The van der Waals surface area contributed by atoms with E-state index in [9.17, 15) is 14.4 Å². The number of aromatic amines is 1. The number of amides is 2. The summed E-state index contributed by atoms with van der Waals surface area (Å²) in [4.78, 5) is 47.1. The monoisotopic (exact) mass is 463 g/mol. The van der Waals surface area contributed by atoms with Gasteiger partial charge in [0.15, 0.2) is 0 Å². The second-order valence-corrected chi connectivity index (χ2v) is 8.97. The van der Waals surface area contributed by atoms with Crippen LogP contribution < -0.4 is 21.1 Å². The first-order valence-electron chi connectivity index (χ1n) is 10.2. The maximum Gasteiger partial charge on any atom is 0.257 e. The molecule has 164 valence electrons. The Morgan fingerprint density at radius 3 is 2.68 bits per heavy atom. The van der Waals surface area contributed by atoms with Gasteiger partial charge in [-0.2, -0.15) is 4.98 Å². The summed E-state index contributed by atoms with van der Waals surface area (Å²) >= 11 is 11.8. The molecule has 31 heavy (non-hydrogen) atoms. The van der Waals surface area contributed by atoms with E-state index >= 15 is 0 Å². The third kappa shape index (κ3) is 4.85. The van der Waals surface area contributed by atoms with Crippen molar-refractivity contribution in [1.82, 2.24) is 9.97 Å². The summed E-state index contributed by atoms with van der Waals surface area (Å²) < 4.78 is 0. The Bertz CT molecular complexity index is 1080. The Labute approximate surface area is 189 Å². The molecule has 2 amide bonds. The normalized spacial score (nSPS) is 19.0. The lowest BCUT2D eigenvalue weighted by molar-refractivity contribution is -0.125. The van der Waals surface area contributed by atoms with Gasteiger partial charge in [-0.1, -0.05) is 30.1 Å². The quantitative estimate of drug-likeness (QED) is 0.643. The van der Waals surface area contributed by atoms with E-state index in [0.717, 1.165) is 25.9 Å². The van der Waals surface area contributed by atoms with Crippen molar-refractivity contribution in [3.8, 4) is 0 Å². The van der Waals surface area contributed by atoms with Gasteiger partial charge in [-0.05, 0) is 43.4 Å². The first-order valence-corrected chi connectivity index (χ1v) is 11.0. The van der Waals surface area contributed by atoms with E-state index in [1.807, 2.05) is 4.90 Å². The smallest absolute Gasteiger partial charge is 0.257 e.